The van der Waals surface area contributed by atoms with Gasteiger partial charge in [-0.3, -0.25) is 0 Å². The number of amides is 1. The summed E-state index contributed by atoms with van der Waals surface area (Å²) < 4.78 is 6.76. The van der Waals surface area contributed by atoms with Gasteiger partial charge in [0.25, 0.3) is 0 Å². The Labute approximate surface area is 194 Å². The Morgan fingerprint density at radius 2 is 1.81 bits per heavy atom. The Balaban J connectivity index is 1.42. The molecule has 4 nitrogen and oxygen atoms in total. The molecule has 1 N–H and O–H groups in total. The summed E-state index contributed by atoms with van der Waals surface area (Å²) in [6, 6.07) is 13.0. The fourth-order valence-electron chi connectivity index (χ4n) is 4.52. The second-order valence-electron chi connectivity index (χ2n) is 9.90. The normalized spacial score (nSPS) is 15.3. The van der Waals surface area contributed by atoms with Gasteiger partial charge in [-0.15, -0.1) is 11.3 Å². The van der Waals surface area contributed by atoms with Gasteiger partial charge in [-0.1, -0.05) is 24.3 Å². The van der Waals surface area contributed by atoms with E-state index >= 15 is 0 Å². The summed E-state index contributed by atoms with van der Waals surface area (Å²) in [6.07, 6.45) is 2.88. The van der Waals surface area contributed by atoms with Crippen LogP contribution >= 0.6 is 11.3 Å². The van der Waals surface area contributed by atoms with E-state index in [0.717, 1.165) is 37.9 Å². The van der Waals surface area contributed by atoms with E-state index < -0.39 is 5.60 Å². The van der Waals surface area contributed by atoms with Crippen LogP contribution in [-0.4, -0.2) is 34.8 Å². The fraction of sp³-hybridized carbons (Fsp3) is 0.444. The standard InChI is InChI=1S/C27H33NO3S/c1-18-13-20(14-19-9-11-28(12-10-19)26(30)31-27(2,3)4)5-7-22(18)24-17-32-25-8-6-21(16-29)15-23(24)25/h5-8,13,15,17,19,29H,9-12,14,16H2,1-4H3. The van der Waals surface area contributed by atoms with Gasteiger partial charge in [-0.25, -0.2) is 4.79 Å². The summed E-state index contributed by atoms with van der Waals surface area (Å²) in [6.45, 7) is 9.52. The van der Waals surface area contributed by atoms with Crippen LogP contribution in [0, 0.1) is 12.8 Å². The number of thiophene rings is 1. The smallest absolute Gasteiger partial charge is 0.410 e. The van der Waals surface area contributed by atoms with E-state index in [0.29, 0.717) is 5.92 Å². The minimum absolute atomic E-state index is 0.0654. The van der Waals surface area contributed by atoms with E-state index in [9.17, 15) is 9.90 Å². The first-order chi connectivity index (χ1) is 15.2. The number of aliphatic hydroxyl groups excluding tert-OH is 1. The predicted molar refractivity (Wildman–Crippen MR) is 132 cm³/mol. The molecule has 1 saturated heterocycles. The average Bonchev–Trinajstić information content (AvgIpc) is 3.16. The molecule has 2 heterocycles. The fourth-order valence-corrected chi connectivity index (χ4v) is 5.46. The molecule has 0 unspecified atom stereocenters. The highest BCUT2D eigenvalue weighted by Crippen LogP contribution is 2.37. The monoisotopic (exact) mass is 451 g/mol. The van der Waals surface area contributed by atoms with Crippen LogP contribution in [-0.2, 0) is 17.8 Å². The number of piperidine rings is 1. The van der Waals surface area contributed by atoms with Gasteiger partial charge in [0.1, 0.15) is 5.60 Å². The third kappa shape index (κ3) is 5.16. The van der Waals surface area contributed by atoms with E-state index in [1.54, 1.807) is 11.3 Å². The largest absolute Gasteiger partial charge is 0.444 e. The molecule has 5 heteroatoms. The number of carbonyl (C=O) groups is 1. The maximum atomic E-state index is 12.3. The molecule has 2 aromatic carbocycles. The molecular formula is C27H33NO3S. The quantitative estimate of drug-likeness (QED) is 0.489. The zero-order valence-electron chi connectivity index (χ0n) is 19.5. The summed E-state index contributed by atoms with van der Waals surface area (Å²) in [5, 5.41) is 13.0. The molecule has 1 fully saturated rings. The van der Waals surface area contributed by atoms with Crippen LogP contribution < -0.4 is 0 Å². The molecule has 0 radical (unpaired) electrons. The van der Waals surface area contributed by atoms with Crippen LogP contribution in [0.5, 0.6) is 0 Å². The van der Waals surface area contributed by atoms with Crippen molar-refractivity contribution in [3.8, 4) is 11.1 Å². The molecule has 0 saturated carbocycles. The number of ether oxygens (including phenoxy) is 1. The molecule has 170 valence electrons. The van der Waals surface area contributed by atoms with Crippen molar-refractivity contribution in [1.82, 2.24) is 4.90 Å². The third-order valence-electron chi connectivity index (χ3n) is 6.19. The van der Waals surface area contributed by atoms with Gasteiger partial charge in [0.15, 0.2) is 0 Å². The van der Waals surface area contributed by atoms with E-state index in [1.807, 2.05) is 31.7 Å². The first-order valence-corrected chi connectivity index (χ1v) is 12.3. The van der Waals surface area contributed by atoms with E-state index in [-0.39, 0.29) is 12.7 Å². The SMILES string of the molecule is Cc1cc(CC2CCN(C(=O)OC(C)(C)C)CC2)ccc1-c1csc2ccc(CO)cc12. The average molecular weight is 452 g/mol. The van der Waals surface area contributed by atoms with Gasteiger partial charge in [-0.05, 0) is 92.6 Å². The zero-order chi connectivity index (χ0) is 22.9. The van der Waals surface area contributed by atoms with Crippen LogP contribution in [0.25, 0.3) is 21.2 Å². The van der Waals surface area contributed by atoms with Gasteiger partial charge in [0.05, 0.1) is 6.61 Å². The predicted octanol–water partition coefficient (Wildman–Crippen LogP) is 6.56. The zero-order valence-corrected chi connectivity index (χ0v) is 20.3. The number of benzene rings is 2. The molecule has 3 aromatic rings. The van der Waals surface area contributed by atoms with E-state index in [1.165, 1.54) is 32.3 Å². The molecule has 1 aromatic heterocycles. The number of carbonyl (C=O) groups excluding carboxylic acids is 1. The van der Waals surface area contributed by atoms with E-state index in [4.69, 9.17) is 4.74 Å². The lowest BCUT2D eigenvalue weighted by Gasteiger charge is -2.33. The summed E-state index contributed by atoms with van der Waals surface area (Å²) >= 11 is 1.75. The lowest BCUT2D eigenvalue weighted by Crippen LogP contribution is -2.42. The van der Waals surface area contributed by atoms with Gasteiger partial charge in [0, 0.05) is 28.7 Å². The maximum Gasteiger partial charge on any atom is 0.410 e. The Kier molecular flexibility index (Phi) is 6.59. The Hall–Kier alpha value is -2.37. The molecule has 1 aliphatic rings. The van der Waals surface area contributed by atoms with Crippen molar-refractivity contribution in [2.45, 2.75) is 59.2 Å². The lowest BCUT2D eigenvalue weighted by molar-refractivity contribution is 0.0184. The molecule has 1 amide bonds. The molecule has 0 atom stereocenters. The summed E-state index contributed by atoms with van der Waals surface area (Å²) in [4.78, 5) is 14.1. The Morgan fingerprint density at radius 1 is 1.09 bits per heavy atom. The summed E-state index contributed by atoms with van der Waals surface area (Å²) in [5.41, 5.74) is 5.65. The van der Waals surface area contributed by atoms with Crippen LogP contribution in [0.15, 0.2) is 41.8 Å². The molecule has 0 spiro atoms. The molecule has 4 rings (SSSR count). The van der Waals surface area contributed by atoms with Crippen molar-refractivity contribution < 1.29 is 14.6 Å². The van der Waals surface area contributed by atoms with Gasteiger partial charge in [0.2, 0.25) is 0 Å². The van der Waals surface area contributed by atoms with Gasteiger partial charge >= 0.3 is 6.09 Å². The number of aryl methyl sites for hydroxylation is 1. The Morgan fingerprint density at radius 3 is 2.47 bits per heavy atom. The minimum atomic E-state index is -0.444. The molecule has 1 aliphatic heterocycles. The van der Waals surface area contributed by atoms with Crippen LogP contribution in [0.2, 0.25) is 0 Å². The topological polar surface area (TPSA) is 49.8 Å². The third-order valence-corrected chi connectivity index (χ3v) is 7.16. The Bertz CT molecular complexity index is 1100. The van der Waals surface area contributed by atoms with Crippen LogP contribution in [0.3, 0.4) is 0 Å². The van der Waals surface area contributed by atoms with Crippen molar-refractivity contribution >= 4 is 27.5 Å². The summed E-state index contributed by atoms with van der Waals surface area (Å²) in [5.74, 6) is 0.591. The second-order valence-corrected chi connectivity index (χ2v) is 10.8. The lowest BCUT2D eigenvalue weighted by atomic mass is 9.88. The van der Waals surface area contributed by atoms with Gasteiger partial charge < -0.3 is 14.7 Å². The van der Waals surface area contributed by atoms with Crippen LogP contribution in [0.4, 0.5) is 4.79 Å². The molecular weight excluding hydrogens is 418 g/mol. The number of hydrogen-bond acceptors (Lipinski definition) is 4. The van der Waals surface area contributed by atoms with Gasteiger partial charge in [-0.2, -0.15) is 0 Å². The molecule has 0 bridgehead atoms. The van der Waals surface area contributed by atoms with Crippen LogP contribution in [0.1, 0.15) is 50.3 Å². The summed E-state index contributed by atoms with van der Waals surface area (Å²) in [7, 11) is 0. The number of fused-ring (bicyclic) bond motifs is 1. The second kappa shape index (κ2) is 9.24. The number of rotatable bonds is 4. The molecule has 0 aliphatic carbocycles. The minimum Gasteiger partial charge on any atom is -0.444 e. The first-order valence-electron chi connectivity index (χ1n) is 11.4. The number of nitrogens with zero attached hydrogens (tertiary/aromatic N) is 1. The van der Waals surface area contributed by atoms with Crippen molar-refractivity contribution in [2.75, 3.05) is 13.1 Å². The van der Waals surface area contributed by atoms with Crippen molar-refractivity contribution in [2.24, 2.45) is 5.92 Å². The molecule has 32 heavy (non-hydrogen) atoms. The number of aliphatic hydroxyl groups is 1. The van der Waals surface area contributed by atoms with Crippen molar-refractivity contribution in [3.63, 3.8) is 0 Å². The van der Waals surface area contributed by atoms with Crippen molar-refractivity contribution in [3.05, 3.63) is 58.5 Å². The highest BCUT2D eigenvalue weighted by Gasteiger charge is 2.27. The number of likely N-dealkylation sites (tertiary alicyclic amines) is 1. The van der Waals surface area contributed by atoms with E-state index in [2.05, 4.69) is 42.6 Å². The highest BCUT2D eigenvalue weighted by molar-refractivity contribution is 7.17. The number of hydrogen-bond donors (Lipinski definition) is 1. The highest BCUT2D eigenvalue weighted by atomic mass is 32.1. The first kappa shape index (κ1) is 22.8. The van der Waals surface area contributed by atoms with Crippen molar-refractivity contribution in [1.29, 1.82) is 0 Å². The maximum absolute atomic E-state index is 12.3.